The Balaban J connectivity index is 2.01. The minimum atomic E-state index is -0.227. The summed E-state index contributed by atoms with van der Waals surface area (Å²) in [5.41, 5.74) is 3.54. The van der Waals surface area contributed by atoms with Gasteiger partial charge in [0.15, 0.2) is 5.65 Å². The highest BCUT2D eigenvalue weighted by molar-refractivity contribution is 5.95. The monoisotopic (exact) mass is 340 g/mol. The van der Waals surface area contributed by atoms with Gasteiger partial charge in [-0.2, -0.15) is 5.10 Å². The highest BCUT2D eigenvalue weighted by Crippen LogP contribution is 2.21. The van der Waals surface area contributed by atoms with Crippen LogP contribution in [0.4, 0.5) is 0 Å². The maximum atomic E-state index is 12.4. The molecule has 0 spiro atoms. The number of benzene rings is 1. The van der Waals surface area contributed by atoms with Crippen LogP contribution in [0.15, 0.2) is 42.6 Å². The number of rotatable bonds is 7. The second-order valence-electron chi connectivity index (χ2n) is 5.47. The number of carbonyl (C=O) groups excluding carboxylic acids is 1. The Morgan fingerprint density at radius 3 is 2.72 bits per heavy atom. The SMILES string of the molecule is COCCNC(=O)c1cnc2cc(-c3ccccc3)nn2c1COC. The number of nitrogens with one attached hydrogen (secondary N) is 1. The van der Waals surface area contributed by atoms with Crippen LogP contribution in [0, 0.1) is 0 Å². The number of fused-ring (bicyclic) bond motifs is 1. The van der Waals surface area contributed by atoms with Gasteiger partial charge in [-0.05, 0) is 0 Å². The van der Waals surface area contributed by atoms with Gasteiger partial charge < -0.3 is 14.8 Å². The van der Waals surface area contributed by atoms with Crippen molar-refractivity contribution in [3.8, 4) is 11.3 Å². The maximum absolute atomic E-state index is 12.4. The van der Waals surface area contributed by atoms with Gasteiger partial charge in [-0.3, -0.25) is 4.79 Å². The standard InChI is InChI=1S/C18H20N4O3/c1-24-9-8-19-18(23)14-11-20-17-10-15(13-6-4-3-5-7-13)21-22(17)16(14)12-25-2/h3-7,10-11H,8-9,12H2,1-2H3,(H,19,23). The molecular weight excluding hydrogens is 320 g/mol. The summed E-state index contributed by atoms with van der Waals surface area (Å²) in [6.45, 7) is 1.12. The fourth-order valence-corrected chi connectivity index (χ4v) is 2.56. The van der Waals surface area contributed by atoms with Gasteiger partial charge in [0.2, 0.25) is 0 Å². The molecule has 25 heavy (non-hydrogen) atoms. The Bertz CT molecular complexity index is 861. The summed E-state index contributed by atoms with van der Waals surface area (Å²) in [6.07, 6.45) is 1.56. The van der Waals surface area contributed by atoms with E-state index in [0.717, 1.165) is 11.3 Å². The first kappa shape index (κ1) is 17.1. The van der Waals surface area contributed by atoms with Gasteiger partial charge in [0.1, 0.15) is 0 Å². The first-order chi connectivity index (χ1) is 12.2. The molecular formula is C18H20N4O3. The zero-order chi connectivity index (χ0) is 17.6. The second kappa shape index (κ2) is 7.87. The van der Waals surface area contributed by atoms with Gasteiger partial charge in [0.05, 0.1) is 30.2 Å². The summed E-state index contributed by atoms with van der Waals surface area (Å²) in [5, 5.41) is 7.41. The van der Waals surface area contributed by atoms with E-state index in [-0.39, 0.29) is 12.5 Å². The predicted octanol–water partition coefficient (Wildman–Crippen LogP) is 1.92. The van der Waals surface area contributed by atoms with Gasteiger partial charge in [0, 0.05) is 38.6 Å². The van der Waals surface area contributed by atoms with E-state index in [1.807, 2.05) is 36.4 Å². The third-order valence-corrected chi connectivity index (χ3v) is 3.77. The number of carbonyl (C=O) groups is 1. The average molecular weight is 340 g/mol. The zero-order valence-corrected chi connectivity index (χ0v) is 14.2. The number of ether oxygens (including phenoxy) is 2. The molecule has 3 rings (SSSR count). The van der Waals surface area contributed by atoms with E-state index in [0.29, 0.717) is 30.1 Å². The molecule has 7 nitrogen and oxygen atoms in total. The molecule has 1 N–H and O–H groups in total. The molecule has 0 aliphatic heterocycles. The predicted molar refractivity (Wildman–Crippen MR) is 93.3 cm³/mol. The Kier molecular flexibility index (Phi) is 5.37. The van der Waals surface area contributed by atoms with Crippen LogP contribution in [-0.2, 0) is 16.1 Å². The lowest BCUT2D eigenvalue weighted by Gasteiger charge is -2.10. The van der Waals surface area contributed by atoms with Crippen molar-refractivity contribution in [2.45, 2.75) is 6.61 Å². The molecule has 0 atom stereocenters. The number of amides is 1. The van der Waals surface area contributed by atoms with Crippen molar-refractivity contribution in [2.75, 3.05) is 27.4 Å². The molecule has 0 aliphatic carbocycles. The fraction of sp³-hybridized carbons (Fsp3) is 0.278. The lowest BCUT2D eigenvalue weighted by molar-refractivity contribution is 0.0930. The quantitative estimate of drug-likeness (QED) is 0.665. The van der Waals surface area contributed by atoms with Crippen LogP contribution in [0.2, 0.25) is 0 Å². The van der Waals surface area contributed by atoms with E-state index < -0.39 is 0 Å². The minimum Gasteiger partial charge on any atom is -0.383 e. The van der Waals surface area contributed by atoms with Crippen molar-refractivity contribution in [3.63, 3.8) is 0 Å². The van der Waals surface area contributed by atoms with Crippen molar-refractivity contribution in [1.29, 1.82) is 0 Å². The van der Waals surface area contributed by atoms with E-state index in [4.69, 9.17) is 9.47 Å². The van der Waals surface area contributed by atoms with Crippen LogP contribution in [-0.4, -0.2) is 47.9 Å². The fourth-order valence-electron chi connectivity index (χ4n) is 2.56. The smallest absolute Gasteiger partial charge is 0.254 e. The topological polar surface area (TPSA) is 77.8 Å². The Morgan fingerprint density at radius 1 is 1.20 bits per heavy atom. The van der Waals surface area contributed by atoms with Gasteiger partial charge in [-0.15, -0.1) is 0 Å². The van der Waals surface area contributed by atoms with Crippen molar-refractivity contribution in [3.05, 3.63) is 53.9 Å². The summed E-state index contributed by atoms with van der Waals surface area (Å²) in [7, 11) is 3.17. The largest absolute Gasteiger partial charge is 0.383 e. The van der Waals surface area contributed by atoms with Gasteiger partial charge in [-0.1, -0.05) is 30.3 Å². The van der Waals surface area contributed by atoms with Crippen molar-refractivity contribution >= 4 is 11.6 Å². The molecule has 2 heterocycles. The molecule has 0 unspecified atom stereocenters. The summed E-state index contributed by atoms with van der Waals surface area (Å²) in [6, 6.07) is 11.7. The van der Waals surface area contributed by atoms with E-state index in [1.165, 1.54) is 0 Å². The normalized spacial score (nSPS) is 11.0. The second-order valence-corrected chi connectivity index (χ2v) is 5.47. The summed E-state index contributed by atoms with van der Waals surface area (Å²) in [4.78, 5) is 16.8. The molecule has 0 aliphatic rings. The number of hydrogen-bond acceptors (Lipinski definition) is 5. The lowest BCUT2D eigenvalue weighted by atomic mass is 10.2. The lowest BCUT2D eigenvalue weighted by Crippen LogP contribution is -2.29. The molecule has 3 aromatic rings. The Labute approximate surface area is 145 Å². The van der Waals surface area contributed by atoms with Crippen molar-refractivity contribution < 1.29 is 14.3 Å². The van der Waals surface area contributed by atoms with E-state index >= 15 is 0 Å². The van der Waals surface area contributed by atoms with Crippen LogP contribution >= 0.6 is 0 Å². The Morgan fingerprint density at radius 2 is 2.00 bits per heavy atom. The van der Waals surface area contributed by atoms with Crippen molar-refractivity contribution in [1.82, 2.24) is 19.9 Å². The molecule has 130 valence electrons. The molecule has 0 saturated carbocycles. The molecule has 1 amide bonds. The number of aromatic nitrogens is 3. The van der Waals surface area contributed by atoms with Crippen molar-refractivity contribution in [2.24, 2.45) is 0 Å². The molecule has 0 radical (unpaired) electrons. The first-order valence-electron chi connectivity index (χ1n) is 7.93. The summed E-state index contributed by atoms with van der Waals surface area (Å²) in [5.74, 6) is -0.227. The summed E-state index contributed by atoms with van der Waals surface area (Å²) < 4.78 is 11.9. The van der Waals surface area contributed by atoms with Crippen LogP contribution in [0.5, 0.6) is 0 Å². The van der Waals surface area contributed by atoms with Crippen LogP contribution in [0.1, 0.15) is 16.1 Å². The molecule has 1 aromatic carbocycles. The van der Waals surface area contributed by atoms with Gasteiger partial charge in [-0.25, -0.2) is 9.50 Å². The van der Waals surface area contributed by atoms with E-state index in [1.54, 1.807) is 24.9 Å². The minimum absolute atomic E-state index is 0.227. The number of methoxy groups -OCH3 is 2. The molecule has 0 fully saturated rings. The van der Waals surface area contributed by atoms with Crippen LogP contribution in [0.3, 0.4) is 0 Å². The number of hydrogen-bond donors (Lipinski definition) is 1. The third-order valence-electron chi connectivity index (χ3n) is 3.77. The molecule has 0 saturated heterocycles. The molecule has 7 heteroatoms. The third kappa shape index (κ3) is 3.67. The van der Waals surface area contributed by atoms with E-state index in [2.05, 4.69) is 15.4 Å². The molecule has 0 bridgehead atoms. The number of nitrogens with zero attached hydrogens (tertiary/aromatic N) is 3. The van der Waals surface area contributed by atoms with Crippen LogP contribution < -0.4 is 5.32 Å². The average Bonchev–Trinajstić information content (AvgIpc) is 3.08. The van der Waals surface area contributed by atoms with Gasteiger partial charge in [0.25, 0.3) is 5.91 Å². The Hall–Kier alpha value is -2.77. The summed E-state index contributed by atoms with van der Waals surface area (Å²) >= 11 is 0. The van der Waals surface area contributed by atoms with Crippen LogP contribution in [0.25, 0.3) is 16.9 Å². The molecule has 2 aromatic heterocycles. The first-order valence-corrected chi connectivity index (χ1v) is 7.93. The van der Waals surface area contributed by atoms with Gasteiger partial charge >= 0.3 is 0 Å². The highest BCUT2D eigenvalue weighted by atomic mass is 16.5. The highest BCUT2D eigenvalue weighted by Gasteiger charge is 2.17. The maximum Gasteiger partial charge on any atom is 0.254 e. The van der Waals surface area contributed by atoms with E-state index in [9.17, 15) is 4.79 Å². The zero-order valence-electron chi connectivity index (χ0n) is 14.2.